The van der Waals surface area contributed by atoms with E-state index >= 15 is 0 Å². The smallest absolute Gasteiger partial charge is 0.309 e. The maximum Gasteiger partial charge on any atom is 0.309 e. The van der Waals surface area contributed by atoms with Crippen LogP contribution in [-0.2, 0) is 4.79 Å². The van der Waals surface area contributed by atoms with Gasteiger partial charge in [-0.1, -0.05) is 11.3 Å². The second-order valence-electron chi connectivity index (χ2n) is 4.91. The highest BCUT2D eigenvalue weighted by molar-refractivity contribution is 7.09. The van der Waals surface area contributed by atoms with Gasteiger partial charge in [-0.3, -0.25) is 14.4 Å². The van der Waals surface area contributed by atoms with Crippen LogP contribution in [0.2, 0.25) is 0 Å². The summed E-state index contributed by atoms with van der Waals surface area (Å²) in [6.45, 7) is 5.89. The number of ketones is 1. The lowest BCUT2D eigenvalue weighted by Crippen LogP contribution is -2.22. The average molecular weight is 332 g/mol. The Labute approximate surface area is 137 Å². The number of carbonyl (C=O) groups excluding carboxylic acids is 3. The fourth-order valence-electron chi connectivity index (χ4n) is 1.96. The van der Waals surface area contributed by atoms with Gasteiger partial charge in [0.25, 0.3) is 0 Å². The predicted octanol–water partition coefficient (Wildman–Crippen LogP) is 2.88. The molecule has 0 bridgehead atoms. The molecule has 1 aromatic carbocycles. The Hall–Kier alpha value is -2.54. The molecule has 2 aromatic rings. The predicted molar refractivity (Wildman–Crippen MR) is 86.3 cm³/mol. The molecule has 0 atom stereocenters. The van der Waals surface area contributed by atoms with Gasteiger partial charge in [-0.2, -0.15) is 0 Å². The molecule has 1 heterocycles. The third-order valence-electron chi connectivity index (χ3n) is 2.99. The normalized spacial score (nSPS) is 11.4. The van der Waals surface area contributed by atoms with Crippen LogP contribution in [0.25, 0.3) is 0 Å². The Morgan fingerprint density at radius 1 is 1.09 bits per heavy atom. The zero-order valence-electron chi connectivity index (χ0n) is 13.2. The molecule has 23 heavy (non-hydrogen) atoms. The van der Waals surface area contributed by atoms with Gasteiger partial charge in [0.05, 0.1) is 10.6 Å². The highest BCUT2D eigenvalue weighted by Crippen LogP contribution is 2.22. The molecule has 0 saturated heterocycles. The molecule has 0 unspecified atom stereocenters. The van der Waals surface area contributed by atoms with Crippen molar-refractivity contribution in [2.24, 2.45) is 4.99 Å². The lowest BCUT2D eigenvalue weighted by atomic mass is 10.1. The molecular weight excluding hydrogens is 316 g/mol. The van der Waals surface area contributed by atoms with Crippen molar-refractivity contribution < 1.29 is 19.1 Å². The Bertz CT molecular complexity index is 844. The molecule has 0 aliphatic rings. The number of hydrogen-bond donors (Lipinski definition) is 0. The van der Waals surface area contributed by atoms with E-state index in [4.69, 9.17) is 4.74 Å². The van der Waals surface area contributed by atoms with Crippen molar-refractivity contribution in [3.05, 3.63) is 39.5 Å². The van der Waals surface area contributed by atoms with Crippen molar-refractivity contribution in [1.29, 1.82) is 0 Å². The molecule has 0 aliphatic heterocycles. The van der Waals surface area contributed by atoms with E-state index < -0.39 is 5.97 Å². The van der Waals surface area contributed by atoms with Gasteiger partial charge in [0, 0.05) is 19.4 Å². The first-order chi connectivity index (χ1) is 10.8. The minimum atomic E-state index is -0.502. The van der Waals surface area contributed by atoms with E-state index in [2.05, 4.69) is 4.99 Å². The summed E-state index contributed by atoms with van der Waals surface area (Å²) in [7, 11) is 0. The minimum Gasteiger partial charge on any atom is -0.408 e. The number of aromatic nitrogens is 1. The number of hydrogen-bond acceptors (Lipinski definition) is 6. The van der Waals surface area contributed by atoms with Crippen LogP contribution in [0, 0.1) is 6.92 Å². The van der Waals surface area contributed by atoms with Crippen LogP contribution >= 0.6 is 11.3 Å². The highest BCUT2D eigenvalue weighted by Gasteiger charge is 2.17. The fraction of sp³-hybridized carbons (Fsp3) is 0.250. The van der Waals surface area contributed by atoms with Gasteiger partial charge in [-0.05, 0) is 38.1 Å². The molecule has 0 fully saturated rings. The van der Waals surface area contributed by atoms with E-state index in [0.29, 0.717) is 20.9 Å². The number of thiazole rings is 1. The van der Waals surface area contributed by atoms with Gasteiger partial charge in [0.15, 0.2) is 10.6 Å². The van der Waals surface area contributed by atoms with Gasteiger partial charge in [-0.15, -0.1) is 0 Å². The molecule has 6 nitrogen and oxygen atoms in total. The molecule has 0 aliphatic carbocycles. The zero-order chi connectivity index (χ0) is 17.1. The average Bonchev–Trinajstić information content (AvgIpc) is 2.74. The number of esters is 1. The number of nitrogens with zero attached hydrogens (tertiary/aromatic N) is 2. The summed E-state index contributed by atoms with van der Waals surface area (Å²) in [4.78, 5) is 39.9. The van der Waals surface area contributed by atoms with E-state index in [-0.39, 0.29) is 17.6 Å². The van der Waals surface area contributed by atoms with Crippen molar-refractivity contribution >= 4 is 34.7 Å². The Kier molecular flexibility index (Phi) is 4.90. The number of ether oxygens (including phenoxy) is 1. The summed E-state index contributed by atoms with van der Waals surface area (Å²) in [5.74, 6) is -0.642. The number of carbonyl (C=O) groups is 3. The van der Waals surface area contributed by atoms with E-state index in [1.807, 2.05) is 0 Å². The summed E-state index contributed by atoms with van der Waals surface area (Å²) >= 11 is 1.25. The summed E-state index contributed by atoms with van der Waals surface area (Å²) in [5, 5.41) is 0. The first kappa shape index (κ1) is 16.8. The molecular formula is C16H16N2O4S. The topological polar surface area (TPSA) is 77.7 Å². The van der Waals surface area contributed by atoms with Crippen LogP contribution < -0.4 is 9.54 Å². The van der Waals surface area contributed by atoms with E-state index in [9.17, 15) is 14.4 Å². The van der Waals surface area contributed by atoms with E-state index in [1.165, 1.54) is 36.7 Å². The molecule has 0 N–H and O–H groups in total. The van der Waals surface area contributed by atoms with E-state index in [1.54, 1.807) is 31.2 Å². The number of benzene rings is 1. The largest absolute Gasteiger partial charge is 0.408 e. The Morgan fingerprint density at radius 3 is 2.17 bits per heavy atom. The van der Waals surface area contributed by atoms with Gasteiger partial charge >= 0.3 is 5.97 Å². The minimum absolute atomic E-state index is 0.0283. The Morgan fingerprint density at radius 2 is 1.70 bits per heavy atom. The number of aryl methyl sites for hydroxylation is 1. The quantitative estimate of drug-likeness (QED) is 0.639. The summed E-state index contributed by atoms with van der Waals surface area (Å²) in [6.07, 6.45) is 0. The molecule has 120 valence electrons. The maximum absolute atomic E-state index is 11.9. The van der Waals surface area contributed by atoms with Crippen LogP contribution in [0.5, 0.6) is 5.88 Å². The van der Waals surface area contributed by atoms with E-state index in [0.717, 1.165) is 0 Å². The van der Waals surface area contributed by atoms with Crippen molar-refractivity contribution in [2.45, 2.75) is 27.7 Å². The molecule has 0 saturated carbocycles. The first-order valence-corrected chi connectivity index (χ1v) is 7.68. The summed E-state index contributed by atoms with van der Waals surface area (Å²) < 4.78 is 6.38. The second kappa shape index (κ2) is 6.70. The lowest BCUT2D eigenvalue weighted by molar-refractivity contribution is -0.132. The van der Waals surface area contributed by atoms with Gasteiger partial charge in [0.2, 0.25) is 11.8 Å². The molecule has 7 heteroatoms. The maximum atomic E-state index is 11.9. The van der Waals surface area contributed by atoms with Gasteiger partial charge in [0.1, 0.15) is 0 Å². The van der Waals surface area contributed by atoms with Gasteiger partial charge < -0.3 is 4.74 Å². The van der Waals surface area contributed by atoms with Gasteiger partial charge in [-0.25, -0.2) is 9.56 Å². The summed E-state index contributed by atoms with van der Waals surface area (Å²) in [6, 6.07) is 6.74. The molecule has 0 amide bonds. The van der Waals surface area contributed by atoms with Crippen LogP contribution in [0.4, 0.5) is 5.69 Å². The summed E-state index contributed by atoms with van der Waals surface area (Å²) in [5.41, 5.74) is 1.19. The monoisotopic (exact) mass is 332 g/mol. The molecule has 1 aromatic heterocycles. The number of rotatable bonds is 3. The van der Waals surface area contributed by atoms with Crippen molar-refractivity contribution in [2.75, 3.05) is 0 Å². The van der Waals surface area contributed by atoms with Crippen molar-refractivity contribution in [3.8, 4) is 5.88 Å². The fourth-order valence-corrected chi connectivity index (χ4v) is 2.90. The third-order valence-corrected chi connectivity index (χ3v) is 3.93. The highest BCUT2D eigenvalue weighted by atomic mass is 32.1. The Balaban J connectivity index is 2.56. The van der Waals surface area contributed by atoms with Crippen LogP contribution in [0.3, 0.4) is 0 Å². The SMILES string of the molecule is CC(=O)Oc1c(C)sc(=Nc2ccc(C(C)=O)cc2)n1C(C)=O. The van der Waals surface area contributed by atoms with Crippen LogP contribution in [-0.4, -0.2) is 22.2 Å². The van der Waals surface area contributed by atoms with Crippen LogP contribution in [0.1, 0.15) is 40.8 Å². The number of Topliss-reactive ketones (excluding diaryl/α,β-unsaturated/α-hetero) is 1. The molecule has 0 spiro atoms. The molecule has 0 radical (unpaired) electrons. The second-order valence-corrected chi connectivity index (χ2v) is 6.09. The lowest BCUT2D eigenvalue weighted by Gasteiger charge is -2.04. The third kappa shape index (κ3) is 3.81. The zero-order valence-corrected chi connectivity index (χ0v) is 14.1. The van der Waals surface area contributed by atoms with Crippen LogP contribution in [0.15, 0.2) is 29.3 Å². The first-order valence-electron chi connectivity index (χ1n) is 6.87. The standard InChI is InChI=1S/C16H16N2O4S/c1-9(19)13-5-7-14(8-6-13)17-16-18(11(3)20)15(10(2)23-16)22-12(4)21/h5-8H,1-4H3. The van der Waals surface area contributed by atoms with Crippen molar-refractivity contribution in [3.63, 3.8) is 0 Å². The van der Waals surface area contributed by atoms with Crippen molar-refractivity contribution in [1.82, 2.24) is 4.57 Å². The molecule has 2 rings (SSSR count).